The topological polar surface area (TPSA) is 74.3 Å². The van der Waals surface area contributed by atoms with Gasteiger partial charge >= 0.3 is 13.9 Å². The van der Waals surface area contributed by atoms with Crippen LogP contribution in [0.4, 0.5) is 4.79 Å². The maximum atomic E-state index is 13.1. The molecule has 0 radical (unpaired) electrons. The highest BCUT2D eigenvalue weighted by atomic mass is 31.2. The van der Waals surface area contributed by atoms with Crippen LogP contribution in [0.15, 0.2) is 60.7 Å². The van der Waals surface area contributed by atoms with Crippen molar-refractivity contribution in [2.24, 2.45) is 0 Å². The lowest BCUT2D eigenvalue weighted by molar-refractivity contribution is 0.0222. The van der Waals surface area contributed by atoms with E-state index >= 15 is 0 Å². The third-order valence-corrected chi connectivity index (χ3v) is 5.80. The summed E-state index contributed by atoms with van der Waals surface area (Å²) >= 11 is 0. The second-order valence-corrected chi connectivity index (χ2v) is 8.04. The maximum absolute atomic E-state index is 13.1. The molecule has 1 aliphatic heterocycles. The molecule has 0 aliphatic carbocycles. The molecule has 2 aromatic carbocycles. The Bertz CT molecular complexity index is 753. The summed E-state index contributed by atoms with van der Waals surface area (Å²) in [6.45, 7) is 0.827. The minimum atomic E-state index is -3.83. The number of rotatable bonds is 9. The van der Waals surface area contributed by atoms with Crippen molar-refractivity contribution in [2.45, 2.75) is 25.7 Å². The number of amides is 1. The normalized spacial score (nSPS) is 16.5. The van der Waals surface area contributed by atoms with E-state index in [1.54, 1.807) is 0 Å². The third kappa shape index (κ3) is 5.66. The monoisotopic (exact) mass is 405 g/mol. The lowest BCUT2D eigenvalue weighted by Gasteiger charge is -2.39. The summed E-state index contributed by atoms with van der Waals surface area (Å²) in [5, 5.41) is 0. The van der Waals surface area contributed by atoms with Gasteiger partial charge in [-0.05, 0) is 17.5 Å². The van der Waals surface area contributed by atoms with Crippen LogP contribution in [0.1, 0.15) is 17.5 Å². The molecular weight excluding hydrogens is 381 g/mol. The average Bonchev–Trinajstić information content (AvgIpc) is 2.72. The minimum Gasteiger partial charge on any atom is -0.453 e. The summed E-state index contributed by atoms with van der Waals surface area (Å²) in [6.07, 6.45) is 0.317. The van der Waals surface area contributed by atoms with E-state index in [0.717, 1.165) is 17.5 Å². The zero-order valence-electron chi connectivity index (χ0n) is 15.7. The summed E-state index contributed by atoms with van der Waals surface area (Å²) in [4.78, 5) is 13.2. The highest BCUT2D eigenvalue weighted by Gasteiger charge is 2.36. The number of carbonyl (C=O) groups is 1. The van der Waals surface area contributed by atoms with Gasteiger partial charge in [0.1, 0.15) is 0 Å². The fourth-order valence-electron chi connectivity index (χ4n) is 2.72. The van der Waals surface area contributed by atoms with Crippen molar-refractivity contribution < 1.29 is 27.7 Å². The summed E-state index contributed by atoms with van der Waals surface area (Å²) in [5.74, 6) is 0. The van der Waals surface area contributed by atoms with Crippen LogP contribution >= 0.6 is 7.82 Å². The van der Waals surface area contributed by atoms with Crippen molar-refractivity contribution in [3.8, 4) is 0 Å². The van der Waals surface area contributed by atoms with Crippen LogP contribution in [0.25, 0.3) is 0 Å². The predicted molar refractivity (Wildman–Crippen MR) is 104 cm³/mol. The highest BCUT2D eigenvalue weighted by Crippen LogP contribution is 2.51. The van der Waals surface area contributed by atoms with Crippen LogP contribution in [-0.4, -0.2) is 37.3 Å². The molecular formula is C20H24NO6P. The molecule has 0 saturated carbocycles. The second-order valence-electron chi connectivity index (χ2n) is 6.37. The molecule has 1 amide bonds. The van der Waals surface area contributed by atoms with Crippen molar-refractivity contribution in [1.82, 2.24) is 4.90 Å². The Hall–Kier alpha value is -2.18. The van der Waals surface area contributed by atoms with Gasteiger partial charge in [0.25, 0.3) is 0 Å². The number of benzene rings is 2. The highest BCUT2D eigenvalue weighted by molar-refractivity contribution is 7.48. The van der Waals surface area contributed by atoms with Gasteiger partial charge in [-0.1, -0.05) is 60.7 Å². The van der Waals surface area contributed by atoms with Crippen LogP contribution < -0.4 is 0 Å². The van der Waals surface area contributed by atoms with Gasteiger partial charge in [0.05, 0.1) is 33.0 Å². The second kappa shape index (κ2) is 9.85. The molecule has 2 aromatic rings. The van der Waals surface area contributed by atoms with E-state index in [4.69, 9.17) is 18.3 Å². The van der Waals surface area contributed by atoms with Crippen LogP contribution in [0.3, 0.4) is 0 Å². The number of phosphoric acid groups is 1. The zero-order chi connectivity index (χ0) is 19.8. The summed E-state index contributed by atoms with van der Waals surface area (Å²) < 4.78 is 34.5. The molecule has 3 rings (SSSR count). The van der Waals surface area contributed by atoms with E-state index in [2.05, 4.69) is 0 Å². The average molecular weight is 405 g/mol. The first-order chi connectivity index (χ1) is 13.6. The van der Waals surface area contributed by atoms with Gasteiger partial charge in [0, 0.05) is 6.54 Å². The van der Waals surface area contributed by atoms with E-state index < -0.39 is 13.9 Å². The smallest absolute Gasteiger partial charge is 0.453 e. The standard InChI is InChI=1S/C20H24NO6P/c1-24-20(22)21-13-12-19(21)16-27-28(23,25-14-17-8-4-2-5-9-17)26-15-18-10-6-3-7-11-18/h2-11,19H,12-16H2,1H3/t19-/m0/s1. The van der Waals surface area contributed by atoms with Crippen LogP contribution in [0.5, 0.6) is 0 Å². The molecule has 0 unspecified atom stereocenters. The molecule has 1 heterocycles. The van der Waals surface area contributed by atoms with Crippen LogP contribution in [-0.2, 0) is 36.1 Å². The van der Waals surface area contributed by atoms with Gasteiger partial charge in [-0.25, -0.2) is 9.36 Å². The summed E-state index contributed by atoms with van der Waals surface area (Å²) in [6, 6.07) is 18.5. The molecule has 1 fully saturated rings. The van der Waals surface area contributed by atoms with Gasteiger partial charge in [0.15, 0.2) is 0 Å². The Kier molecular flexibility index (Phi) is 7.23. The lowest BCUT2D eigenvalue weighted by Crippen LogP contribution is -2.53. The van der Waals surface area contributed by atoms with Crippen molar-refractivity contribution in [1.29, 1.82) is 0 Å². The Morgan fingerprint density at radius 2 is 1.50 bits per heavy atom. The summed E-state index contributed by atoms with van der Waals surface area (Å²) in [5.41, 5.74) is 1.71. The molecule has 0 spiro atoms. The van der Waals surface area contributed by atoms with E-state index in [0.29, 0.717) is 6.54 Å². The minimum absolute atomic E-state index is 0.0515. The van der Waals surface area contributed by atoms with Crippen LogP contribution in [0.2, 0.25) is 0 Å². The van der Waals surface area contributed by atoms with Crippen molar-refractivity contribution >= 4 is 13.9 Å². The largest absolute Gasteiger partial charge is 0.475 e. The molecule has 0 aromatic heterocycles. The van der Waals surface area contributed by atoms with E-state index in [-0.39, 0.29) is 25.9 Å². The van der Waals surface area contributed by atoms with Gasteiger partial charge in [-0.2, -0.15) is 0 Å². The lowest BCUT2D eigenvalue weighted by atomic mass is 10.1. The first kappa shape index (κ1) is 20.6. The quantitative estimate of drug-likeness (QED) is 0.576. The molecule has 7 nitrogen and oxygen atoms in total. The van der Waals surface area contributed by atoms with Crippen LogP contribution in [0, 0.1) is 0 Å². The third-order valence-electron chi connectivity index (χ3n) is 4.44. The predicted octanol–water partition coefficient (Wildman–Crippen LogP) is 4.39. The number of phosphoric ester groups is 1. The maximum Gasteiger partial charge on any atom is 0.475 e. The molecule has 150 valence electrons. The number of hydrogen-bond acceptors (Lipinski definition) is 6. The van der Waals surface area contributed by atoms with Gasteiger partial charge in [-0.3, -0.25) is 13.6 Å². The first-order valence-corrected chi connectivity index (χ1v) is 10.5. The van der Waals surface area contributed by atoms with E-state index in [9.17, 15) is 9.36 Å². The number of ether oxygens (including phenoxy) is 1. The number of carbonyl (C=O) groups excluding carboxylic acids is 1. The molecule has 1 aliphatic rings. The molecule has 0 N–H and O–H groups in total. The molecule has 0 bridgehead atoms. The van der Waals surface area contributed by atoms with E-state index in [1.165, 1.54) is 12.0 Å². The van der Waals surface area contributed by atoms with Gasteiger partial charge in [0.2, 0.25) is 0 Å². The van der Waals surface area contributed by atoms with Crippen molar-refractivity contribution in [2.75, 3.05) is 20.3 Å². The Labute approximate surface area is 164 Å². The fourth-order valence-corrected chi connectivity index (χ4v) is 3.91. The number of methoxy groups -OCH3 is 1. The van der Waals surface area contributed by atoms with Gasteiger partial charge in [-0.15, -0.1) is 0 Å². The molecule has 28 heavy (non-hydrogen) atoms. The SMILES string of the molecule is COC(=O)N1CC[C@H]1COP(=O)(OCc1ccccc1)OCc1ccccc1. The fraction of sp³-hybridized carbons (Fsp3) is 0.350. The zero-order valence-corrected chi connectivity index (χ0v) is 16.6. The molecule has 1 atom stereocenters. The number of nitrogens with zero attached hydrogens (tertiary/aromatic N) is 1. The van der Waals surface area contributed by atoms with Crippen molar-refractivity contribution in [3.05, 3.63) is 71.8 Å². The Balaban J connectivity index is 1.61. The molecule has 1 saturated heterocycles. The number of likely N-dealkylation sites (tertiary alicyclic amines) is 1. The van der Waals surface area contributed by atoms with E-state index in [1.807, 2.05) is 60.7 Å². The molecule has 8 heteroatoms. The van der Waals surface area contributed by atoms with Crippen molar-refractivity contribution in [3.63, 3.8) is 0 Å². The summed E-state index contributed by atoms with van der Waals surface area (Å²) in [7, 11) is -2.50. The Morgan fingerprint density at radius 1 is 0.964 bits per heavy atom. The number of hydrogen-bond donors (Lipinski definition) is 0. The Morgan fingerprint density at radius 3 is 1.93 bits per heavy atom. The first-order valence-electron chi connectivity index (χ1n) is 9.06. The van der Waals surface area contributed by atoms with Gasteiger partial charge < -0.3 is 9.64 Å².